The molecule has 2 rings (SSSR count). The van der Waals surface area contributed by atoms with Crippen LogP contribution in [0.3, 0.4) is 0 Å². The van der Waals surface area contributed by atoms with E-state index in [1.54, 1.807) is 26.2 Å². The topological polar surface area (TPSA) is 49.7 Å². The van der Waals surface area contributed by atoms with Crippen molar-refractivity contribution in [3.8, 4) is 11.5 Å². The molecule has 0 radical (unpaired) electrons. The Balaban J connectivity index is 2.65. The highest BCUT2D eigenvalue weighted by Crippen LogP contribution is 2.43. The minimum absolute atomic E-state index is 0.163. The maximum Gasteiger partial charge on any atom is 0.122 e. The van der Waals surface area contributed by atoms with Crippen LogP contribution in [0.25, 0.3) is 0 Å². The Kier molecular flexibility index (Phi) is 2.35. The maximum atomic E-state index is 10.2. The minimum Gasteiger partial charge on any atom is -0.508 e. The molecule has 82 valence electrons. The van der Waals surface area contributed by atoms with Crippen molar-refractivity contribution in [3.05, 3.63) is 23.3 Å². The lowest BCUT2D eigenvalue weighted by Gasteiger charge is -2.32. The number of methoxy groups -OCH3 is 1. The van der Waals surface area contributed by atoms with Crippen LogP contribution in [-0.2, 0) is 12.0 Å². The zero-order valence-electron chi connectivity index (χ0n) is 9.08. The smallest absolute Gasteiger partial charge is 0.122 e. The van der Waals surface area contributed by atoms with E-state index in [-0.39, 0.29) is 5.75 Å². The molecule has 0 spiro atoms. The summed E-state index contributed by atoms with van der Waals surface area (Å²) in [4.78, 5) is 0. The van der Waals surface area contributed by atoms with Crippen molar-refractivity contribution >= 4 is 0 Å². The van der Waals surface area contributed by atoms with Crippen LogP contribution < -0.4 is 4.74 Å². The Hall–Kier alpha value is -1.22. The molecule has 0 aromatic heterocycles. The average molecular weight is 208 g/mol. The van der Waals surface area contributed by atoms with Gasteiger partial charge < -0.3 is 14.9 Å². The Morgan fingerprint density at radius 1 is 1.40 bits per heavy atom. The van der Waals surface area contributed by atoms with Crippen molar-refractivity contribution in [3.63, 3.8) is 0 Å². The number of phenolic OH excluding ortho intramolecular Hbond substituents is 1. The van der Waals surface area contributed by atoms with E-state index in [9.17, 15) is 10.2 Å². The number of hydrogen-bond donors (Lipinski definition) is 2. The van der Waals surface area contributed by atoms with Gasteiger partial charge >= 0.3 is 0 Å². The summed E-state index contributed by atoms with van der Waals surface area (Å²) >= 11 is 0. The molecule has 1 aliphatic carbocycles. The molecule has 3 heteroatoms. The third-order valence-corrected chi connectivity index (χ3v) is 3.10. The van der Waals surface area contributed by atoms with Crippen LogP contribution in [0.5, 0.6) is 11.5 Å². The normalized spacial score (nSPS) is 24.7. The fraction of sp³-hybridized carbons (Fsp3) is 0.500. The molecule has 0 bridgehead atoms. The van der Waals surface area contributed by atoms with Crippen LogP contribution in [0.4, 0.5) is 0 Å². The Bertz CT molecular complexity index is 383. The molecule has 0 amide bonds. The number of aromatic hydroxyl groups is 1. The van der Waals surface area contributed by atoms with E-state index in [4.69, 9.17) is 4.74 Å². The zero-order chi connectivity index (χ0) is 11.1. The van der Waals surface area contributed by atoms with E-state index in [2.05, 4.69) is 0 Å². The number of ether oxygens (including phenoxy) is 1. The van der Waals surface area contributed by atoms with E-state index in [1.807, 2.05) is 0 Å². The standard InChI is InChI=1S/C12H16O3/c1-12(14)7-3-4-8-10(15-2)6-5-9(13)11(8)12/h5-6,13-14H,3-4,7H2,1-2H3. The molecule has 0 saturated carbocycles. The first-order valence-electron chi connectivity index (χ1n) is 5.18. The predicted octanol–water partition coefficient (Wildman–Crippen LogP) is 1.94. The van der Waals surface area contributed by atoms with Crippen molar-refractivity contribution < 1.29 is 14.9 Å². The quantitative estimate of drug-likeness (QED) is 0.741. The van der Waals surface area contributed by atoms with Crippen molar-refractivity contribution in [1.82, 2.24) is 0 Å². The lowest BCUT2D eigenvalue weighted by molar-refractivity contribution is 0.0357. The van der Waals surface area contributed by atoms with Gasteiger partial charge in [-0.3, -0.25) is 0 Å². The number of hydrogen-bond acceptors (Lipinski definition) is 3. The van der Waals surface area contributed by atoms with Crippen molar-refractivity contribution in [2.45, 2.75) is 31.8 Å². The van der Waals surface area contributed by atoms with Gasteiger partial charge in [0.2, 0.25) is 0 Å². The van der Waals surface area contributed by atoms with E-state index in [0.717, 1.165) is 24.2 Å². The summed E-state index contributed by atoms with van der Waals surface area (Å²) < 4.78 is 5.24. The van der Waals surface area contributed by atoms with Gasteiger partial charge in [0, 0.05) is 11.1 Å². The maximum absolute atomic E-state index is 10.2. The van der Waals surface area contributed by atoms with Crippen LogP contribution in [-0.4, -0.2) is 17.3 Å². The first-order valence-corrected chi connectivity index (χ1v) is 5.18. The van der Waals surface area contributed by atoms with Crippen molar-refractivity contribution in [1.29, 1.82) is 0 Å². The second kappa shape index (κ2) is 3.42. The molecule has 1 atom stereocenters. The molecule has 15 heavy (non-hydrogen) atoms. The molecule has 0 heterocycles. The predicted molar refractivity (Wildman–Crippen MR) is 57.2 cm³/mol. The van der Waals surface area contributed by atoms with Crippen LogP contribution in [0.2, 0.25) is 0 Å². The zero-order valence-corrected chi connectivity index (χ0v) is 9.08. The monoisotopic (exact) mass is 208 g/mol. The highest BCUT2D eigenvalue weighted by atomic mass is 16.5. The molecule has 1 aliphatic rings. The lowest BCUT2D eigenvalue weighted by atomic mass is 9.79. The summed E-state index contributed by atoms with van der Waals surface area (Å²) in [7, 11) is 1.61. The van der Waals surface area contributed by atoms with Gasteiger partial charge in [-0.15, -0.1) is 0 Å². The molecule has 0 aliphatic heterocycles. The number of rotatable bonds is 1. The van der Waals surface area contributed by atoms with Crippen LogP contribution >= 0.6 is 0 Å². The van der Waals surface area contributed by atoms with Gasteiger partial charge in [-0.25, -0.2) is 0 Å². The highest BCUT2D eigenvalue weighted by Gasteiger charge is 2.33. The summed E-state index contributed by atoms with van der Waals surface area (Å²) in [6.07, 6.45) is 2.45. The summed E-state index contributed by atoms with van der Waals surface area (Å²) in [5, 5.41) is 20.0. The Labute approximate surface area is 89.3 Å². The van der Waals surface area contributed by atoms with Gasteiger partial charge in [0.1, 0.15) is 11.5 Å². The summed E-state index contributed by atoms with van der Waals surface area (Å²) in [5.41, 5.74) is 0.633. The fourth-order valence-corrected chi connectivity index (χ4v) is 2.39. The SMILES string of the molecule is COc1ccc(O)c2c1CCCC2(C)O. The first-order chi connectivity index (χ1) is 7.06. The Morgan fingerprint density at radius 3 is 2.80 bits per heavy atom. The molecule has 0 fully saturated rings. The number of benzene rings is 1. The van der Waals surface area contributed by atoms with Gasteiger partial charge in [-0.1, -0.05) is 0 Å². The molecular weight excluding hydrogens is 192 g/mol. The molecule has 1 aromatic rings. The first kappa shape index (κ1) is 10.3. The van der Waals surface area contributed by atoms with E-state index in [1.165, 1.54) is 0 Å². The molecule has 2 N–H and O–H groups in total. The van der Waals surface area contributed by atoms with Gasteiger partial charge in [0.15, 0.2) is 0 Å². The van der Waals surface area contributed by atoms with Crippen LogP contribution in [0.15, 0.2) is 12.1 Å². The van der Waals surface area contributed by atoms with E-state index in [0.29, 0.717) is 12.0 Å². The number of phenols is 1. The summed E-state index contributed by atoms with van der Waals surface area (Å²) in [6, 6.07) is 3.33. The molecular formula is C12H16O3. The molecule has 0 saturated heterocycles. The minimum atomic E-state index is -0.938. The highest BCUT2D eigenvalue weighted by molar-refractivity contribution is 5.52. The summed E-state index contributed by atoms with van der Waals surface area (Å²) in [5.74, 6) is 0.915. The third-order valence-electron chi connectivity index (χ3n) is 3.10. The largest absolute Gasteiger partial charge is 0.508 e. The molecule has 1 unspecified atom stereocenters. The van der Waals surface area contributed by atoms with Gasteiger partial charge in [-0.2, -0.15) is 0 Å². The van der Waals surface area contributed by atoms with Crippen LogP contribution in [0, 0.1) is 0 Å². The van der Waals surface area contributed by atoms with E-state index < -0.39 is 5.60 Å². The van der Waals surface area contributed by atoms with Crippen molar-refractivity contribution in [2.24, 2.45) is 0 Å². The third kappa shape index (κ3) is 1.57. The van der Waals surface area contributed by atoms with Gasteiger partial charge in [0.25, 0.3) is 0 Å². The Morgan fingerprint density at radius 2 is 2.13 bits per heavy atom. The molecule has 1 aromatic carbocycles. The van der Waals surface area contributed by atoms with E-state index >= 15 is 0 Å². The second-order valence-electron chi connectivity index (χ2n) is 4.27. The summed E-state index contributed by atoms with van der Waals surface area (Å²) in [6.45, 7) is 1.74. The van der Waals surface area contributed by atoms with Crippen LogP contribution in [0.1, 0.15) is 30.9 Å². The van der Waals surface area contributed by atoms with Gasteiger partial charge in [0.05, 0.1) is 12.7 Å². The fourth-order valence-electron chi connectivity index (χ4n) is 2.39. The number of aliphatic hydroxyl groups is 1. The van der Waals surface area contributed by atoms with Crippen molar-refractivity contribution in [2.75, 3.05) is 7.11 Å². The second-order valence-corrected chi connectivity index (χ2v) is 4.27. The lowest BCUT2D eigenvalue weighted by Crippen LogP contribution is -2.27. The van der Waals surface area contributed by atoms with Gasteiger partial charge in [-0.05, 0) is 38.3 Å². The average Bonchev–Trinajstić information content (AvgIpc) is 2.17. The number of fused-ring (bicyclic) bond motifs is 1. The molecule has 3 nitrogen and oxygen atoms in total.